The fourth-order valence-electron chi connectivity index (χ4n) is 2.53. The summed E-state index contributed by atoms with van der Waals surface area (Å²) >= 11 is 0. The molecule has 0 aromatic heterocycles. The van der Waals surface area contributed by atoms with E-state index < -0.39 is 40.7 Å². The normalized spacial score (nSPS) is 11.4. The summed E-state index contributed by atoms with van der Waals surface area (Å²) in [5, 5.41) is 2.34. The zero-order chi connectivity index (χ0) is 20.5. The lowest BCUT2D eigenvalue weighted by atomic mass is 10.0. The first-order valence-electron chi connectivity index (χ1n) is 7.89. The maximum absolute atomic E-state index is 13.9. The molecule has 0 saturated carbocycles. The van der Waals surface area contributed by atoms with Crippen LogP contribution >= 0.6 is 0 Å². The molecule has 0 aliphatic rings. The first-order chi connectivity index (χ1) is 13.2. The van der Waals surface area contributed by atoms with Gasteiger partial charge in [-0.3, -0.25) is 4.79 Å². The van der Waals surface area contributed by atoms with E-state index in [4.69, 9.17) is 0 Å². The van der Waals surface area contributed by atoms with Crippen LogP contribution in [0.1, 0.15) is 15.9 Å². The Hall–Kier alpha value is -3.29. The van der Waals surface area contributed by atoms with E-state index in [-0.39, 0.29) is 16.8 Å². The minimum atomic E-state index is -4.62. The number of amides is 1. The lowest BCUT2D eigenvalue weighted by Crippen LogP contribution is -2.14. The molecule has 28 heavy (non-hydrogen) atoms. The van der Waals surface area contributed by atoms with Gasteiger partial charge in [0.05, 0.1) is 11.1 Å². The summed E-state index contributed by atoms with van der Waals surface area (Å²) in [5.41, 5.74) is -1.44. The van der Waals surface area contributed by atoms with Gasteiger partial charge in [-0.1, -0.05) is 18.2 Å². The van der Waals surface area contributed by atoms with Crippen molar-refractivity contribution in [3.63, 3.8) is 0 Å². The van der Waals surface area contributed by atoms with Gasteiger partial charge in [-0.25, -0.2) is 13.2 Å². The summed E-state index contributed by atoms with van der Waals surface area (Å²) < 4.78 is 79.2. The zero-order valence-electron chi connectivity index (χ0n) is 13.9. The Morgan fingerprint density at radius 2 is 1.50 bits per heavy atom. The van der Waals surface area contributed by atoms with Gasteiger partial charge >= 0.3 is 6.18 Å². The van der Waals surface area contributed by atoms with Crippen molar-refractivity contribution in [1.29, 1.82) is 0 Å². The van der Waals surface area contributed by atoms with Crippen LogP contribution in [0, 0.1) is 17.5 Å². The number of nitrogens with one attached hydrogen (secondary N) is 1. The first-order valence-corrected chi connectivity index (χ1v) is 7.89. The van der Waals surface area contributed by atoms with Crippen LogP contribution in [0.2, 0.25) is 0 Å². The molecule has 0 saturated heterocycles. The molecule has 0 fully saturated rings. The summed E-state index contributed by atoms with van der Waals surface area (Å²) in [6.45, 7) is 0. The molecule has 2 nitrogen and oxygen atoms in total. The third-order valence-electron chi connectivity index (χ3n) is 3.94. The monoisotopic (exact) mass is 395 g/mol. The van der Waals surface area contributed by atoms with Gasteiger partial charge in [-0.2, -0.15) is 13.2 Å². The molecule has 0 heterocycles. The molecule has 0 bridgehead atoms. The maximum atomic E-state index is 13.9. The quantitative estimate of drug-likeness (QED) is 0.538. The molecule has 1 amide bonds. The third kappa shape index (κ3) is 4.00. The Bertz CT molecular complexity index is 1030. The van der Waals surface area contributed by atoms with Crippen molar-refractivity contribution >= 4 is 11.6 Å². The highest BCUT2D eigenvalue weighted by Crippen LogP contribution is 2.34. The molecular weight excluding hydrogens is 384 g/mol. The summed E-state index contributed by atoms with van der Waals surface area (Å²) in [7, 11) is 0. The highest BCUT2D eigenvalue weighted by molar-refractivity contribution is 6.04. The SMILES string of the molecule is O=C(Nc1ccc(-c2cc(C(F)(F)F)ccc2F)cc1)c1cccc(F)c1F. The zero-order valence-corrected chi connectivity index (χ0v) is 13.9. The fourth-order valence-corrected chi connectivity index (χ4v) is 2.53. The van der Waals surface area contributed by atoms with Gasteiger partial charge in [0.25, 0.3) is 5.91 Å². The highest BCUT2D eigenvalue weighted by Gasteiger charge is 2.31. The largest absolute Gasteiger partial charge is 0.416 e. The van der Waals surface area contributed by atoms with E-state index in [2.05, 4.69) is 5.32 Å². The van der Waals surface area contributed by atoms with Gasteiger partial charge in [0.15, 0.2) is 11.6 Å². The number of carbonyl (C=O) groups excluding carboxylic acids is 1. The van der Waals surface area contributed by atoms with Crippen molar-refractivity contribution in [2.45, 2.75) is 6.18 Å². The summed E-state index contributed by atoms with van der Waals surface area (Å²) in [4.78, 5) is 12.0. The van der Waals surface area contributed by atoms with Crippen LogP contribution in [0.15, 0.2) is 60.7 Å². The Labute approximate surface area is 155 Å². The third-order valence-corrected chi connectivity index (χ3v) is 3.94. The summed E-state index contributed by atoms with van der Waals surface area (Å²) in [5.74, 6) is -4.23. The molecule has 1 N–H and O–H groups in total. The van der Waals surface area contributed by atoms with Crippen molar-refractivity contribution in [3.8, 4) is 11.1 Å². The molecule has 0 unspecified atom stereocenters. The molecule has 0 aliphatic carbocycles. The van der Waals surface area contributed by atoms with Gasteiger partial charge in [-0.15, -0.1) is 0 Å². The van der Waals surface area contributed by atoms with E-state index in [0.29, 0.717) is 12.1 Å². The first kappa shape index (κ1) is 19.5. The maximum Gasteiger partial charge on any atom is 0.416 e. The molecule has 0 aliphatic heterocycles. The Kier molecular flexibility index (Phi) is 5.13. The number of hydrogen-bond acceptors (Lipinski definition) is 1. The number of halogens is 6. The number of rotatable bonds is 3. The fraction of sp³-hybridized carbons (Fsp3) is 0.0500. The molecule has 0 radical (unpaired) electrons. The minimum Gasteiger partial charge on any atom is -0.322 e. The molecule has 0 atom stereocenters. The van der Waals surface area contributed by atoms with Gasteiger partial charge in [0.1, 0.15) is 5.82 Å². The summed E-state index contributed by atoms with van der Waals surface area (Å²) in [6, 6.07) is 10.4. The van der Waals surface area contributed by atoms with Gasteiger partial charge in [-0.05, 0) is 48.0 Å². The number of benzene rings is 3. The standard InChI is InChI=1S/C20H11F6NO/c21-16-9-6-12(20(24,25)26)10-15(16)11-4-7-13(8-5-11)27-19(28)14-2-1-3-17(22)18(14)23/h1-10H,(H,27,28). The van der Waals surface area contributed by atoms with Crippen LogP contribution in [0.3, 0.4) is 0 Å². The number of anilines is 1. The van der Waals surface area contributed by atoms with E-state index in [1.807, 2.05) is 0 Å². The minimum absolute atomic E-state index is 0.151. The average molecular weight is 395 g/mol. The van der Waals surface area contributed by atoms with Gasteiger partial charge < -0.3 is 5.32 Å². The second-order valence-electron chi connectivity index (χ2n) is 5.83. The van der Waals surface area contributed by atoms with Crippen molar-refractivity contribution in [2.75, 3.05) is 5.32 Å². The van der Waals surface area contributed by atoms with Crippen LogP contribution in [-0.4, -0.2) is 5.91 Å². The molecule has 144 valence electrons. The Morgan fingerprint density at radius 3 is 2.14 bits per heavy atom. The molecule has 3 rings (SSSR count). The topological polar surface area (TPSA) is 29.1 Å². The highest BCUT2D eigenvalue weighted by atomic mass is 19.4. The van der Waals surface area contributed by atoms with Crippen LogP contribution in [0.25, 0.3) is 11.1 Å². The lowest BCUT2D eigenvalue weighted by molar-refractivity contribution is -0.137. The smallest absolute Gasteiger partial charge is 0.322 e. The van der Waals surface area contributed by atoms with Crippen LogP contribution in [0.5, 0.6) is 0 Å². The number of hydrogen-bond donors (Lipinski definition) is 1. The van der Waals surface area contributed by atoms with Crippen LogP contribution in [-0.2, 0) is 6.18 Å². The van der Waals surface area contributed by atoms with E-state index in [0.717, 1.165) is 18.2 Å². The molecule has 8 heteroatoms. The van der Waals surface area contributed by atoms with Crippen LogP contribution < -0.4 is 5.32 Å². The molecular formula is C20H11F6NO. The second-order valence-corrected chi connectivity index (χ2v) is 5.83. The molecule has 3 aromatic carbocycles. The van der Waals surface area contributed by atoms with Gasteiger partial charge in [0.2, 0.25) is 0 Å². The Morgan fingerprint density at radius 1 is 0.821 bits per heavy atom. The lowest BCUT2D eigenvalue weighted by Gasteiger charge is -2.11. The number of alkyl halides is 3. The van der Waals surface area contributed by atoms with Crippen molar-refractivity contribution in [1.82, 2.24) is 0 Å². The van der Waals surface area contributed by atoms with E-state index in [1.165, 1.54) is 30.3 Å². The number of carbonyl (C=O) groups is 1. The van der Waals surface area contributed by atoms with Crippen LogP contribution in [0.4, 0.5) is 32.0 Å². The van der Waals surface area contributed by atoms with E-state index in [9.17, 15) is 31.1 Å². The van der Waals surface area contributed by atoms with Gasteiger partial charge in [0, 0.05) is 11.3 Å². The van der Waals surface area contributed by atoms with E-state index in [1.54, 1.807) is 0 Å². The predicted octanol–water partition coefficient (Wildman–Crippen LogP) is 6.04. The second kappa shape index (κ2) is 7.38. The van der Waals surface area contributed by atoms with Crippen molar-refractivity contribution < 1.29 is 31.1 Å². The molecule has 3 aromatic rings. The van der Waals surface area contributed by atoms with Crippen molar-refractivity contribution in [3.05, 3.63) is 89.2 Å². The van der Waals surface area contributed by atoms with E-state index >= 15 is 0 Å². The average Bonchev–Trinajstić information content (AvgIpc) is 2.64. The predicted molar refractivity (Wildman–Crippen MR) is 91.1 cm³/mol. The molecule has 0 spiro atoms. The van der Waals surface area contributed by atoms with Crippen molar-refractivity contribution in [2.24, 2.45) is 0 Å². The Balaban J connectivity index is 1.84. The summed E-state index contributed by atoms with van der Waals surface area (Å²) in [6.07, 6.45) is -4.62.